The Bertz CT molecular complexity index is 519. The molecule has 1 aromatic heterocycles. The highest BCUT2D eigenvalue weighted by molar-refractivity contribution is 7.89. The van der Waals surface area contributed by atoms with Crippen LogP contribution >= 0.6 is 0 Å². The second-order valence-electron chi connectivity index (χ2n) is 4.97. The van der Waals surface area contributed by atoms with Crippen molar-refractivity contribution in [2.75, 3.05) is 7.05 Å². The fourth-order valence-electron chi connectivity index (χ4n) is 1.56. The first kappa shape index (κ1) is 15.1. The summed E-state index contributed by atoms with van der Waals surface area (Å²) in [6.07, 6.45) is 0.712. The lowest BCUT2D eigenvalue weighted by Crippen LogP contribution is -2.44. The first-order valence-electron chi connectivity index (χ1n) is 5.91. The molecule has 104 valence electrons. The molecule has 0 spiro atoms. The summed E-state index contributed by atoms with van der Waals surface area (Å²) in [7, 11) is -2.05. The van der Waals surface area contributed by atoms with E-state index in [0.717, 1.165) is 0 Å². The molecular weight excluding hydrogens is 252 g/mol. The first-order valence-corrected chi connectivity index (χ1v) is 7.35. The number of nitrogens with two attached hydrogens (primary N) is 1. The van der Waals surface area contributed by atoms with Crippen LogP contribution < -0.4 is 5.73 Å². The predicted molar refractivity (Wildman–Crippen MR) is 70.5 cm³/mol. The van der Waals surface area contributed by atoms with E-state index in [9.17, 15) is 8.42 Å². The summed E-state index contributed by atoms with van der Waals surface area (Å²) in [5.74, 6) is 0. The summed E-state index contributed by atoms with van der Waals surface area (Å²) in [4.78, 5) is 0. The molecule has 7 heteroatoms. The van der Waals surface area contributed by atoms with Crippen molar-refractivity contribution in [1.29, 1.82) is 0 Å². The van der Waals surface area contributed by atoms with Gasteiger partial charge in [-0.15, -0.1) is 0 Å². The monoisotopic (exact) mass is 274 g/mol. The highest BCUT2D eigenvalue weighted by Crippen LogP contribution is 2.26. The number of hydrogen-bond donors (Lipinski definition) is 2. The van der Waals surface area contributed by atoms with Gasteiger partial charge in [0, 0.05) is 30.4 Å². The number of hydrogen-bond acceptors (Lipinski definition) is 4. The molecule has 0 saturated heterocycles. The van der Waals surface area contributed by atoms with Crippen molar-refractivity contribution in [2.24, 2.45) is 5.73 Å². The maximum Gasteiger partial charge on any atom is 0.262 e. The number of nitrogens with zero attached hydrogens (tertiary/aromatic N) is 2. The van der Waals surface area contributed by atoms with Crippen LogP contribution in [0.3, 0.4) is 0 Å². The van der Waals surface area contributed by atoms with Gasteiger partial charge in [0.25, 0.3) is 10.0 Å². The quantitative estimate of drug-likeness (QED) is 0.837. The summed E-state index contributed by atoms with van der Waals surface area (Å²) < 4.78 is 26.4. The van der Waals surface area contributed by atoms with Gasteiger partial charge in [0.2, 0.25) is 0 Å². The van der Waals surface area contributed by atoms with Gasteiger partial charge in [-0.1, -0.05) is 6.92 Å². The number of aryl methyl sites for hydroxylation is 1. The molecule has 0 bridgehead atoms. The molecule has 0 unspecified atom stereocenters. The summed E-state index contributed by atoms with van der Waals surface area (Å²) >= 11 is 0. The Morgan fingerprint density at radius 3 is 2.44 bits per heavy atom. The molecule has 0 aliphatic carbocycles. The average Bonchev–Trinajstić information content (AvgIpc) is 2.69. The van der Waals surface area contributed by atoms with Crippen LogP contribution in [0.4, 0.5) is 0 Å². The number of nitrogens with one attached hydrogen (secondary N) is 1. The van der Waals surface area contributed by atoms with Crippen LogP contribution in [0, 0.1) is 6.92 Å². The van der Waals surface area contributed by atoms with E-state index in [2.05, 4.69) is 10.2 Å². The van der Waals surface area contributed by atoms with Crippen LogP contribution in [0.2, 0.25) is 0 Å². The SMILES string of the molecule is CCC(C)(C)N(C)S(=O)(=O)c1n[nH]c(C)c1CN. The normalized spacial score (nSPS) is 13.3. The standard InChI is InChI=1S/C11H22N4O2S/c1-6-11(3,4)15(5)18(16,17)10-9(7-12)8(2)13-14-10/h6-7,12H2,1-5H3,(H,13,14). The van der Waals surface area contributed by atoms with Gasteiger partial charge in [-0.25, -0.2) is 8.42 Å². The molecule has 1 rings (SSSR count). The van der Waals surface area contributed by atoms with Gasteiger partial charge in [0.05, 0.1) is 0 Å². The van der Waals surface area contributed by atoms with Gasteiger partial charge in [-0.2, -0.15) is 9.40 Å². The molecule has 0 amide bonds. The number of sulfonamides is 1. The molecule has 6 nitrogen and oxygen atoms in total. The second kappa shape index (κ2) is 4.99. The molecule has 3 N–H and O–H groups in total. The number of aromatic amines is 1. The number of aromatic nitrogens is 2. The zero-order valence-electron chi connectivity index (χ0n) is 11.6. The second-order valence-corrected chi connectivity index (χ2v) is 6.86. The third-order valence-corrected chi connectivity index (χ3v) is 5.60. The Kier molecular flexibility index (Phi) is 4.19. The third kappa shape index (κ3) is 2.43. The number of H-pyrrole nitrogens is 1. The summed E-state index contributed by atoms with van der Waals surface area (Å²) in [6.45, 7) is 7.63. The van der Waals surface area contributed by atoms with Crippen molar-refractivity contribution >= 4 is 10.0 Å². The van der Waals surface area contributed by atoms with Crippen LogP contribution in [0.15, 0.2) is 5.03 Å². The molecule has 1 aromatic rings. The molecule has 0 fully saturated rings. The van der Waals surface area contributed by atoms with Crippen LogP contribution in [-0.4, -0.2) is 35.5 Å². The zero-order chi connectivity index (χ0) is 14.1. The maximum atomic E-state index is 12.5. The van der Waals surface area contributed by atoms with Crippen LogP contribution in [-0.2, 0) is 16.6 Å². The van der Waals surface area contributed by atoms with E-state index in [4.69, 9.17) is 5.73 Å². The lowest BCUT2D eigenvalue weighted by molar-refractivity contribution is 0.256. The molecule has 0 aliphatic rings. The van der Waals surface area contributed by atoms with Gasteiger partial charge in [0.15, 0.2) is 5.03 Å². The molecular formula is C11H22N4O2S. The molecule has 1 heterocycles. The molecule has 18 heavy (non-hydrogen) atoms. The Morgan fingerprint density at radius 2 is 2.00 bits per heavy atom. The lowest BCUT2D eigenvalue weighted by atomic mass is 10.0. The van der Waals surface area contributed by atoms with Gasteiger partial charge in [-0.05, 0) is 27.2 Å². The van der Waals surface area contributed by atoms with E-state index in [1.165, 1.54) is 4.31 Å². The minimum absolute atomic E-state index is 0.0338. The van der Waals surface area contributed by atoms with Crippen molar-refractivity contribution in [3.8, 4) is 0 Å². The Hall–Kier alpha value is -0.920. The summed E-state index contributed by atoms with van der Waals surface area (Å²) in [6, 6.07) is 0. The lowest BCUT2D eigenvalue weighted by Gasteiger charge is -2.33. The van der Waals surface area contributed by atoms with Crippen molar-refractivity contribution in [3.05, 3.63) is 11.3 Å². The largest absolute Gasteiger partial charge is 0.326 e. The van der Waals surface area contributed by atoms with E-state index in [1.807, 2.05) is 20.8 Å². The van der Waals surface area contributed by atoms with Crippen molar-refractivity contribution in [1.82, 2.24) is 14.5 Å². The fraction of sp³-hybridized carbons (Fsp3) is 0.727. The van der Waals surface area contributed by atoms with E-state index in [-0.39, 0.29) is 11.6 Å². The van der Waals surface area contributed by atoms with Gasteiger partial charge in [-0.3, -0.25) is 5.10 Å². The fourth-order valence-corrected chi connectivity index (χ4v) is 3.31. The highest BCUT2D eigenvalue weighted by Gasteiger charge is 2.35. The summed E-state index contributed by atoms with van der Waals surface area (Å²) in [5, 5.41) is 6.61. The van der Waals surface area contributed by atoms with E-state index in [1.54, 1.807) is 14.0 Å². The Balaban J connectivity index is 3.30. The molecule has 0 saturated carbocycles. The van der Waals surface area contributed by atoms with Crippen molar-refractivity contribution in [3.63, 3.8) is 0 Å². The summed E-state index contributed by atoms with van der Waals surface area (Å²) in [5.41, 5.74) is 6.37. The van der Waals surface area contributed by atoms with Gasteiger partial charge in [0.1, 0.15) is 0 Å². The van der Waals surface area contributed by atoms with Crippen molar-refractivity contribution in [2.45, 2.75) is 51.2 Å². The molecule has 0 radical (unpaired) electrons. The van der Waals surface area contributed by atoms with E-state index >= 15 is 0 Å². The minimum Gasteiger partial charge on any atom is -0.326 e. The molecule has 0 aromatic carbocycles. The van der Waals surface area contributed by atoms with Crippen LogP contribution in [0.5, 0.6) is 0 Å². The van der Waals surface area contributed by atoms with Crippen LogP contribution in [0.1, 0.15) is 38.4 Å². The minimum atomic E-state index is -3.62. The van der Waals surface area contributed by atoms with Gasteiger partial charge < -0.3 is 5.73 Å². The topological polar surface area (TPSA) is 92.1 Å². The Labute approximate surface area is 109 Å². The van der Waals surface area contributed by atoms with Gasteiger partial charge >= 0.3 is 0 Å². The van der Waals surface area contributed by atoms with Crippen LogP contribution in [0.25, 0.3) is 0 Å². The zero-order valence-corrected chi connectivity index (χ0v) is 12.4. The first-order chi connectivity index (χ1) is 8.18. The maximum absolute atomic E-state index is 12.5. The highest BCUT2D eigenvalue weighted by atomic mass is 32.2. The number of rotatable bonds is 5. The van der Waals surface area contributed by atoms with E-state index < -0.39 is 15.6 Å². The molecule has 0 atom stereocenters. The van der Waals surface area contributed by atoms with E-state index in [0.29, 0.717) is 17.7 Å². The smallest absolute Gasteiger partial charge is 0.262 e. The average molecular weight is 274 g/mol. The predicted octanol–water partition coefficient (Wildman–Crippen LogP) is 0.986. The third-order valence-electron chi connectivity index (χ3n) is 3.56. The Morgan fingerprint density at radius 1 is 1.44 bits per heavy atom. The van der Waals surface area contributed by atoms with Crippen molar-refractivity contribution < 1.29 is 8.42 Å². The molecule has 0 aliphatic heterocycles.